The van der Waals surface area contributed by atoms with Gasteiger partial charge in [-0.3, -0.25) is 4.79 Å². The number of ether oxygens (including phenoxy) is 2. The van der Waals surface area contributed by atoms with Crippen LogP contribution in [0.25, 0.3) is 0 Å². The van der Waals surface area contributed by atoms with Crippen molar-refractivity contribution in [1.82, 2.24) is 4.98 Å². The van der Waals surface area contributed by atoms with Crippen LogP contribution in [0.1, 0.15) is 10.4 Å². The van der Waals surface area contributed by atoms with Crippen molar-refractivity contribution in [3.63, 3.8) is 0 Å². The number of anilines is 2. The van der Waals surface area contributed by atoms with Crippen LogP contribution in [0.15, 0.2) is 30.3 Å². The molecular weight excluding hydrogens is 265 g/mol. The van der Waals surface area contributed by atoms with Crippen LogP contribution in [0.5, 0.6) is 11.5 Å². The Kier molecular flexibility index (Phi) is 2.86. The molecule has 0 spiro atoms. The maximum atomic E-state index is 13.0. The molecule has 20 heavy (non-hydrogen) atoms. The van der Waals surface area contributed by atoms with E-state index in [9.17, 15) is 9.18 Å². The van der Waals surface area contributed by atoms with Crippen molar-refractivity contribution in [2.75, 3.05) is 17.8 Å². The molecule has 0 saturated heterocycles. The number of halogens is 1. The van der Waals surface area contributed by atoms with Crippen LogP contribution < -0.4 is 20.5 Å². The lowest BCUT2D eigenvalue weighted by molar-refractivity contribution is 0.102. The van der Waals surface area contributed by atoms with Crippen LogP contribution >= 0.6 is 0 Å². The predicted octanol–water partition coefficient (Wildman–Crippen LogP) is 1.78. The van der Waals surface area contributed by atoms with Crippen molar-refractivity contribution in [1.29, 1.82) is 0 Å². The lowest BCUT2D eigenvalue weighted by Gasteiger charge is -2.08. The Morgan fingerprint density at radius 3 is 2.80 bits per heavy atom. The van der Waals surface area contributed by atoms with E-state index in [1.54, 1.807) is 0 Å². The number of benzene rings is 1. The molecule has 0 atom stereocenters. The van der Waals surface area contributed by atoms with Gasteiger partial charge in [0.05, 0.1) is 5.56 Å². The molecule has 7 heteroatoms. The number of nitrogens with zero attached hydrogens (tertiary/aromatic N) is 1. The zero-order valence-corrected chi connectivity index (χ0v) is 10.2. The van der Waals surface area contributed by atoms with Crippen LogP contribution in [-0.4, -0.2) is 17.7 Å². The number of nitrogen functional groups attached to an aromatic ring is 1. The summed E-state index contributed by atoms with van der Waals surface area (Å²) in [5.41, 5.74) is 6.23. The van der Waals surface area contributed by atoms with Gasteiger partial charge in [0.15, 0.2) is 11.5 Å². The minimum atomic E-state index is -0.679. The van der Waals surface area contributed by atoms with Gasteiger partial charge in [0.1, 0.15) is 5.82 Å². The standard InChI is InChI=1S/C13H10FN3O3/c14-11-2-1-3-12(16-11)17-13(18)7-4-9-10(5-8(7)15)20-6-19-9/h1-5H,6,15H2,(H,16,17,18). The van der Waals surface area contributed by atoms with Crippen LogP contribution in [-0.2, 0) is 0 Å². The highest BCUT2D eigenvalue weighted by atomic mass is 19.1. The van der Waals surface area contributed by atoms with Crippen LogP contribution in [0.3, 0.4) is 0 Å². The van der Waals surface area contributed by atoms with Gasteiger partial charge in [0, 0.05) is 11.8 Å². The van der Waals surface area contributed by atoms with E-state index >= 15 is 0 Å². The number of hydrogen-bond acceptors (Lipinski definition) is 5. The largest absolute Gasteiger partial charge is 0.454 e. The third-order valence-corrected chi connectivity index (χ3v) is 2.75. The van der Waals surface area contributed by atoms with E-state index in [1.807, 2.05) is 0 Å². The van der Waals surface area contributed by atoms with Crippen molar-refractivity contribution >= 4 is 17.4 Å². The third-order valence-electron chi connectivity index (χ3n) is 2.75. The smallest absolute Gasteiger partial charge is 0.259 e. The SMILES string of the molecule is Nc1cc2c(cc1C(=O)Nc1cccc(F)n1)OCO2. The van der Waals surface area contributed by atoms with Crippen molar-refractivity contribution in [2.24, 2.45) is 0 Å². The maximum Gasteiger partial charge on any atom is 0.259 e. The molecule has 0 saturated carbocycles. The predicted molar refractivity (Wildman–Crippen MR) is 69.1 cm³/mol. The van der Waals surface area contributed by atoms with Gasteiger partial charge >= 0.3 is 0 Å². The molecule has 0 unspecified atom stereocenters. The Hall–Kier alpha value is -2.83. The number of hydrogen-bond donors (Lipinski definition) is 2. The van der Waals surface area contributed by atoms with E-state index in [2.05, 4.69) is 10.3 Å². The number of rotatable bonds is 2. The fraction of sp³-hybridized carbons (Fsp3) is 0.0769. The molecule has 3 N–H and O–H groups in total. The fourth-order valence-corrected chi connectivity index (χ4v) is 1.82. The summed E-state index contributed by atoms with van der Waals surface area (Å²) in [5.74, 6) is -0.146. The highest BCUT2D eigenvalue weighted by Crippen LogP contribution is 2.36. The molecule has 1 amide bonds. The van der Waals surface area contributed by atoms with Gasteiger partial charge < -0.3 is 20.5 Å². The summed E-state index contributed by atoms with van der Waals surface area (Å²) in [4.78, 5) is 15.6. The van der Waals surface area contributed by atoms with Gasteiger partial charge in [0.25, 0.3) is 5.91 Å². The molecule has 1 aliphatic heterocycles. The van der Waals surface area contributed by atoms with Crippen LogP contribution in [0.4, 0.5) is 15.9 Å². The van der Waals surface area contributed by atoms with Crippen molar-refractivity contribution in [2.45, 2.75) is 0 Å². The second-order valence-electron chi connectivity index (χ2n) is 4.09. The maximum absolute atomic E-state index is 13.0. The number of carbonyl (C=O) groups excluding carboxylic acids is 1. The molecule has 1 aromatic carbocycles. The molecule has 1 aliphatic rings. The van der Waals surface area contributed by atoms with Gasteiger partial charge in [0.2, 0.25) is 12.7 Å². The van der Waals surface area contributed by atoms with Gasteiger partial charge in [-0.1, -0.05) is 6.07 Å². The second-order valence-corrected chi connectivity index (χ2v) is 4.09. The number of nitrogens with one attached hydrogen (secondary N) is 1. The number of carbonyl (C=O) groups is 1. The zero-order chi connectivity index (χ0) is 14.1. The van der Waals surface area contributed by atoms with Crippen LogP contribution in [0, 0.1) is 5.95 Å². The zero-order valence-electron chi connectivity index (χ0n) is 10.2. The van der Waals surface area contributed by atoms with Gasteiger partial charge in [-0.2, -0.15) is 4.39 Å². The summed E-state index contributed by atoms with van der Waals surface area (Å²) in [6.07, 6.45) is 0. The van der Waals surface area contributed by atoms with Gasteiger partial charge in [-0.25, -0.2) is 4.98 Å². The number of pyridine rings is 1. The molecule has 3 rings (SSSR count). The molecule has 6 nitrogen and oxygen atoms in total. The first-order valence-corrected chi connectivity index (χ1v) is 5.76. The van der Waals surface area contributed by atoms with E-state index in [0.717, 1.165) is 0 Å². The topological polar surface area (TPSA) is 86.5 Å². The third kappa shape index (κ3) is 2.20. The molecule has 2 aromatic rings. The molecule has 0 bridgehead atoms. The number of nitrogens with two attached hydrogens (primary N) is 1. The summed E-state index contributed by atoms with van der Waals surface area (Å²) >= 11 is 0. The molecule has 1 aromatic heterocycles. The highest BCUT2D eigenvalue weighted by Gasteiger charge is 2.20. The highest BCUT2D eigenvalue weighted by molar-refractivity contribution is 6.07. The average molecular weight is 275 g/mol. The number of aromatic nitrogens is 1. The Bertz CT molecular complexity index is 691. The molecule has 102 valence electrons. The number of amides is 1. The normalized spacial score (nSPS) is 12.2. The minimum absolute atomic E-state index is 0.0886. The summed E-state index contributed by atoms with van der Waals surface area (Å²) < 4.78 is 23.3. The fourth-order valence-electron chi connectivity index (χ4n) is 1.82. The summed E-state index contributed by atoms with van der Waals surface area (Å²) in [6, 6.07) is 7.10. The van der Waals surface area contributed by atoms with Crippen molar-refractivity contribution < 1.29 is 18.7 Å². The molecule has 0 aliphatic carbocycles. The Labute approximate surface area is 113 Å². The van der Waals surface area contributed by atoms with Gasteiger partial charge in [-0.15, -0.1) is 0 Å². The molecular formula is C13H10FN3O3. The summed E-state index contributed by atoms with van der Waals surface area (Å²) in [5, 5.41) is 2.46. The molecule has 0 fully saturated rings. The van der Waals surface area contributed by atoms with Gasteiger partial charge in [-0.05, 0) is 18.2 Å². The van der Waals surface area contributed by atoms with E-state index in [0.29, 0.717) is 11.5 Å². The van der Waals surface area contributed by atoms with E-state index in [4.69, 9.17) is 15.2 Å². The number of fused-ring (bicyclic) bond motifs is 1. The van der Waals surface area contributed by atoms with E-state index in [1.165, 1.54) is 30.3 Å². The average Bonchev–Trinajstić information content (AvgIpc) is 2.84. The Morgan fingerprint density at radius 2 is 2.05 bits per heavy atom. The summed E-state index contributed by atoms with van der Waals surface area (Å²) in [7, 11) is 0. The van der Waals surface area contributed by atoms with E-state index < -0.39 is 11.9 Å². The van der Waals surface area contributed by atoms with Crippen LogP contribution in [0.2, 0.25) is 0 Å². The second kappa shape index (κ2) is 4.69. The lowest BCUT2D eigenvalue weighted by Crippen LogP contribution is -2.15. The first-order chi connectivity index (χ1) is 9.63. The lowest BCUT2D eigenvalue weighted by atomic mass is 10.1. The summed E-state index contributed by atoms with van der Waals surface area (Å²) in [6.45, 7) is 0.0886. The Morgan fingerprint density at radius 1 is 1.30 bits per heavy atom. The monoisotopic (exact) mass is 275 g/mol. The molecule has 0 radical (unpaired) electrons. The molecule has 2 heterocycles. The minimum Gasteiger partial charge on any atom is -0.454 e. The Balaban J connectivity index is 1.87. The van der Waals surface area contributed by atoms with Crippen molar-refractivity contribution in [3.8, 4) is 11.5 Å². The van der Waals surface area contributed by atoms with E-state index in [-0.39, 0.29) is 23.9 Å². The first kappa shape index (κ1) is 12.2. The van der Waals surface area contributed by atoms with Crippen molar-refractivity contribution in [3.05, 3.63) is 41.8 Å². The quantitative estimate of drug-likeness (QED) is 0.644. The first-order valence-electron chi connectivity index (χ1n) is 5.76.